The Morgan fingerprint density at radius 3 is 1.29 bits per heavy atom. The summed E-state index contributed by atoms with van der Waals surface area (Å²) in [5.41, 5.74) is 4.77. The minimum absolute atomic E-state index is 0.202. The number of unbranched alkanes of at least 4 members (excludes halogenated alkanes) is 22. The standard InChI is InChI=1S/C39H73O8P.C3H7NO3/c1-3-5-7-9-11-13-15-17-19-21-23-25-27-29-31-33-38(40)45-35-37(36-46-48(42,43)44)47-39(41)34-32-30-28-26-24-22-20-18-16-14-12-10-8-6-4-2;4-2(1-5)3(6)7/h17-20,37H,3-16,21-36H2,1-2H3,(H2,42,43,44);2,5H,1,4H2,(H,6,7)/b19-17-,20-18-;. The van der Waals surface area contributed by atoms with Crippen molar-refractivity contribution in [3.8, 4) is 0 Å². The Balaban J connectivity index is 0. The second kappa shape index (κ2) is 41.6. The number of carboxylic acids is 1. The molecule has 0 saturated carbocycles. The van der Waals surface area contributed by atoms with Gasteiger partial charge in [-0.25, -0.2) is 4.57 Å². The van der Waals surface area contributed by atoms with E-state index >= 15 is 0 Å². The van der Waals surface area contributed by atoms with Crippen LogP contribution in [0.5, 0.6) is 0 Å². The molecule has 324 valence electrons. The molecule has 0 bridgehead atoms. The molecule has 13 heteroatoms. The van der Waals surface area contributed by atoms with E-state index in [1.807, 2.05) is 0 Å². The number of aliphatic hydroxyl groups is 1. The van der Waals surface area contributed by atoms with Crippen LogP contribution in [0.3, 0.4) is 0 Å². The number of esters is 2. The lowest BCUT2D eigenvalue weighted by molar-refractivity contribution is -0.161. The Hall–Kier alpha value is -2.08. The van der Waals surface area contributed by atoms with Gasteiger partial charge in [0.05, 0.1) is 13.2 Å². The number of hydrogen-bond acceptors (Lipinski definition) is 9. The minimum atomic E-state index is -4.75. The monoisotopic (exact) mass is 806 g/mol. The third-order valence-corrected chi connectivity index (χ3v) is 9.44. The molecular weight excluding hydrogens is 725 g/mol. The van der Waals surface area contributed by atoms with Crippen LogP contribution >= 0.6 is 7.82 Å². The molecule has 0 saturated heterocycles. The van der Waals surface area contributed by atoms with Crippen LogP contribution in [0.25, 0.3) is 0 Å². The number of carbonyl (C=O) groups is 3. The Labute approximate surface area is 333 Å². The van der Waals surface area contributed by atoms with Gasteiger partial charge in [0.2, 0.25) is 0 Å². The molecule has 0 aliphatic heterocycles. The molecule has 0 aliphatic carbocycles. The van der Waals surface area contributed by atoms with E-state index in [9.17, 15) is 18.9 Å². The summed E-state index contributed by atoms with van der Waals surface area (Å²) in [6, 6.07) is -1.13. The SMILES string of the molecule is CCCCCCCC/C=C\CCCCCCCC(=O)OCC(COP(=O)(O)O)OC(=O)CCCCCCC/C=C\CCCCCCCC.NC(CO)C(=O)O. The first-order valence-corrected chi connectivity index (χ1v) is 22.9. The molecule has 2 atom stereocenters. The molecule has 0 heterocycles. The van der Waals surface area contributed by atoms with E-state index in [-0.39, 0.29) is 19.4 Å². The Morgan fingerprint density at radius 2 is 0.945 bits per heavy atom. The van der Waals surface area contributed by atoms with Crippen molar-refractivity contribution in [3.05, 3.63) is 24.3 Å². The van der Waals surface area contributed by atoms with Crippen molar-refractivity contribution >= 4 is 25.7 Å². The molecule has 12 nitrogen and oxygen atoms in total. The number of allylic oxidation sites excluding steroid dienone is 4. The highest BCUT2D eigenvalue weighted by Gasteiger charge is 2.23. The van der Waals surface area contributed by atoms with Crippen LogP contribution in [0.1, 0.15) is 194 Å². The van der Waals surface area contributed by atoms with Crippen molar-refractivity contribution in [3.63, 3.8) is 0 Å². The highest BCUT2D eigenvalue weighted by Crippen LogP contribution is 2.36. The van der Waals surface area contributed by atoms with E-state index in [4.69, 9.17) is 35.2 Å². The minimum Gasteiger partial charge on any atom is -0.480 e. The predicted molar refractivity (Wildman–Crippen MR) is 220 cm³/mol. The van der Waals surface area contributed by atoms with Crippen LogP contribution in [-0.2, 0) is 32.9 Å². The van der Waals surface area contributed by atoms with Gasteiger partial charge in [-0.2, -0.15) is 0 Å². The topological polar surface area (TPSA) is 203 Å². The van der Waals surface area contributed by atoms with Crippen molar-refractivity contribution < 1.29 is 52.9 Å². The number of nitrogens with two attached hydrogens (primary N) is 1. The predicted octanol–water partition coefficient (Wildman–Crippen LogP) is 10.0. The molecule has 0 aromatic heterocycles. The third kappa shape index (κ3) is 46.2. The van der Waals surface area contributed by atoms with Crippen molar-refractivity contribution in [2.75, 3.05) is 19.8 Å². The molecule has 6 N–H and O–H groups in total. The van der Waals surface area contributed by atoms with Gasteiger partial charge in [0.15, 0.2) is 6.10 Å². The van der Waals surface area contributed by atoms with Gasteiger partial charge < -0.3 is 35.2 Å². The Kier molecular flexibility index (Phi) is 41.6. The highest BCUT2D eigenvalue weighted by molar-refractivity contribution is 7.46. The Bertz CT molecular complexity index is 1000. The van der Waals surface area contributed by atoms with Crippen molar-refractivity contribution in [1.29, 1.82) is 0 Å². The summed E-state index contributed by atoms with van der Waals surface area (Å²) in [5, 5.41) is 15.9. The van der Waals surface area contributed by atoms with E-state index in [0.717, 1.165) is 64.2 Å². The largest absolute Gasteiger partial charge is 0.480 e. The summed E-state index contributed by atoms with van der Waals surface area (Å²) in [4.78, 5) is 52.4. The summed E-state index contributed by atoms with van der Waals surface area (Å²) < 4.78 is 26.3. The second-order valence-electron chi connectivity index (χ2n) is 14.4. The molecule has 0 aliphatic rings. The van der Waals surface area contributed by atoms with Crippen LogP contribution in [0.4, 0.5) is 0 Å². The van der Waals surface area contributed by atoms with Gasteiger partial charge in [-0.1, -0.05) is 141 Å². The zero-order valence-electron chi connectivity index (χ0n) is 34.6. The summed E-state index contributed by atoms with van der Waals surface area (Å²) in [6.45, 7) is 3.15. The van der Waals surface area contributed by atoms with Gasteiger partial charge in [-0.15, -0.1) is 0 Å². The quantitative estimate of drug-likeness (QED) is 0.0171. The van der Waals surface area contributed by atoms with E-state index in [0.29, 0.717) is 12.8 Å². The normalized spacial score (nSPS) is 12.8. The van der Waals surface area contributed by atoms with Gasteiger partial charge >= 0.3 is 25.7 Å². The average molecular weight is 806 g/mol. The number of ether oxygens (including phenoxy) is 2. The number of carboxylic acid groups (broad SMARTS) is 1. The van der Waals surface area contributed by atoms with E-state index in [1.54, 1.807) is 0 Å². The molecule has 0 aromatic rings. The maximum absolute atomic E-state index is 12.4. The average Bonchev–Trinajstić information content (AvgIpc) is 3.15. The maximum Gasteiger partial charge on any atom is 0.469 e. The summed E-state index contributed by atoms with van der Waals surface area (Å²) in [7, 11) is -4.75. The third-order valence-electron chi connectivity index (χ3n) is 8.96. The zero-order chi connectivity index (χ0) is 41.3. The van der Waals surface area contributed by atoms with Gasteiger partial charge in [0.25, 0.3) is 0 Å². The molecule has 0 rings (SSSR count). The number of phosphoric acid groups is 1. The highest BCUT2D eigenvalue weighted by atomic mass is 31.2. The van der Waals surface area contributed by atoms with Crippen molar-refractivity contribution in [2.24, 2.45) is 5.73 Å². The number of rotatable bonds is 38. The van der Waals surface area contributed by atoms with E-state index in [2.05, 4.69) is 42.7 Å². The van der Waals surface area contributed by atoms with Crippen LogP contribution < -0.4 is 5.73 Å². The lowest BCUT2D eigenvalue weighted by Crippen LogP contribution is -2.33. The molecule has 0 spiro atoms. The smallest absolute Gasteiger partial charge is 0.469 e. The van der Waals surface area contributed by atoms with Gasteiger partial charge in [0, 0.05) is 12.8 Å². The van der Waals surface area contributed by atoms with Crippen molar-refractivity contribution in [1.82, 2.24) is 0 Å². The molecule has 0 amide bonds. The Morgan fingerprint density at radius 1 is 0.582 bits per heavy atom. The number of aliphatic hydroxyl groups excluding tert-OH is 1. The van der Waals surface area contributed by atoms with E-state index in [1.165, 1.54) is 89.9 Å². The second-order valence-corrected chi connectivity index (χ2v) is 15.6. The first kappa shape index (κ1) is 55.0. The van der Waals surface area contributed by atoms with E-state index < -0.39 is 51.1 Å². The lowest BCUT2D eigenvalue weighted by Gasteiger charge is -2.18. The first-order valence-electron chi connectivity index (χ1n) is 21.4. The van der Waals surface area contributed by atoms with Crippen LogP contribution in [-0.4, -0.2) is 69.9 Å². The molecule has 0 fully saturated rings. The number of aliphatic carboxylic acids is 1. The number of hydrogen-bond donors (Lipinski definition) is 5. The fourth-order valence-electron chi connectivity index (χ4n) is 5.56. The summed E-state index contributed by atoms with van der Waals surface area (Å²) >= 11 is 0. The first-order chi connectivity index (χ1) is 26.5. The lowest BCUT2D eigenvalue weighted by atomic mass is 10.1. The molecular formula is C42H80NO11P. The summed E-state index contributed by atoms with van der Waals surface area (Å²) in [5.74, 6) is -2.08. The molecule has 0 aromatic carbocycles. The maximum atomic E-state index is 12.4. The number of phosphoric ester groups is 1. The van der Waals surface area contributed by atoms with Crippen molar-refractivity contribution in [2.45, 2.75) is 206 Å². The van der Waals surface area contributed by atoms with Crippen LogP contribution in [0, 0.1) is 0 Å². The van der Waals surface area contributed by atoms with Crippen LogP contribution in [0.2, 0.25) is 0 Å². The molecule has 0 radical (unpaired) electrons. The zero-order valence-corrected chi connectivity index (χ0v) is 35.4. The molecule has 55 heavy (non-hydrogen) atoms. The fraction of sp³-hybridized carbons (Fsp3) is 0.833. The van der Waals surface area contributed by atoms with Gasteiger partial charge in [0.1, 0.15) is 12.6 Å². The molecule has 2 unspecified atom stereocenters. The summed E-state index contributed by atoms with van der Waals surface area (Å²) in [6.07, 6.45) is 38.9. The van der Waals surface area contributed by atoms with Gasteiger partial charge in [-0.05, 0) is 64.2 Å². The van der Waals surface area contributed by atoms with Gasteiger partial charge in [-0.3, -0.25) is 18.9 Å². The van der Waals surface area contributed by atoms with Crippen LogP contribution in [0.15, 0.2) is 24.3 Å². The fourth-order valence-corrected chi connectivity index (χ4v) is 5.92. The number of carbonyl (C=O) groups excluding carboxylic acids is 2.